The SMILES string of the molecule is CCNCc1cccc(-n2ccc(C(C)C)n2)c1. The van der Waals surface area contributed by atoms with E-state index in [4.69, 9.17) is 0 Å². The average molecular weight is 243 g/mol. The molecular formula is C15H21N3. The van der Waals surface area contributed by atoms with Crippen LogP contribution >= 0.6 is 0 Å². The lowest BCUT2D eigenvalue weighted by Crippen LogP contribution is -2.11. The van der Waals surface area contributed by atoms with Crippen LogP contribution in [0, 0.1) is 0 Å². The standard InChI is InChI=1S/C15H21N3/c1-4-16-11-13-6-5-7-14(10-13)18-9-8-15(17-18)12(2)3/h5-10,12,16H,4,11H2,1-3H3. The van der Waals surface area contributed by atoms with E-state index in [0.717, 1.165) is 24.5 Å². The van der Waals surface area contributed by atoms with Crippen LogP contribution in [-0.2, 0) is 6.54 Å². The summed E-state index contributed by atoms with van der Waals surface area (Å²) in [6.07, 6.45) is 2.03. The van der Waals surface area contributed by atoms with Crippen LogP contribution in [0.4, 0.5) is 0 Å². The Morgan fingerprint density at radius 3 is 2.78 bits per heavy atom. The molecule has 0 amide bonds. The molecule has 0 bridgehead atoms. The summed E-state index contributed by atoms with van der Waals surface area (Å²) in [5, 5.41) is 7.93. The van der Waals surface area contributed by atoms with E-state index < -0.39 is 0 Å². The highest BCUT2D eigenvalue weighted by Gasteiger charge is 2.05. The third-order valence-electron chi connectivity index (χ3n) is 2.96. The molecule has 1 N–H and O–H groups in total. The summed E-state index contributed by atoms with van der Waals surface area (Å²) in [4.78, 5) is 0. The maximum atomic E-state index is 4.60. The van der Waals surface area contributed by atoms with Gasteiger partial charge in [0.15, 0.2) is 0 Å². The van der Waals surface area contributed by atoms with Crippen molar-refractivity contribution in [1.82, 2.24) is 15.1 Å². The molecule has 96 valence electrons. The summed E-state index contributed by atoms with van der Waals surface area (Å²) in [6, 6.07) is 10.6. The summed E-state index contributed by atoms with van der Waals surface area (Å²) < 4.78 is 1.95. The van der Waals surface area contributed by atoms with E-state index in [2.05, 4.69) is 61.5 Å². The molecular weight excluding hydrogens is 222 g/mol. The Balaban J connectivity index is 2.21. The van der Waals surface area contributed by atoms with Gasteiger partial charge in [-0.1, -0.05) is 32.9 Å². The molecule has 0 aliphatic rings. The second-order valence-electron chi connectivity index (χ2n) is 4.79. The van der Waals surface area contributed by atoms with Crippen LogP contribution in [0.25, 0.3) is 5.69 Å². The molecule has 0 saturated heterocycles. The van der Waals surface area contributed by atoms with Gasteiger partial charge in [-0.3, -0.25) is 0 Å². The lowest BCUT2D eigenvalue weighted by Gasteiger charge is -2.06. The number of hydrogen-bond donors (Lipinski definition) is 1. The molecule has 18 heavy (non-hydrogen) atoms. The Morgan fingerprint density at radius 2 is 2.11 bits per heavy atom. The van der Waals surface area contributed by atoms with Crippen molar-refractivity contribution >= 4 is 0 Å². The van der Waals surface area contributed by atoms with Crippen molar-refractivity contribution in [2.45, 2.75) is 33.2 Å². The van der Waals surface area contributed by atoms with Gasteiger partial charge in [-0.05, 0) is 36.2 Å². The third kappa shape index (κ3) is 2.99. The van der Waals surface area contributed by atoms with Gasteiger partial charge in [0.25, 0.3) is 0 Å². The second kappa shape index (κ2) is 5.83. The van der Waals surface area contributed by atoms with Crippen LogP contribution in [0.1, 0.15) is 37.9 Å². The average Bonchev–Trinajstić information content (AvgIpc) is 2.86. The Bertz CT molecular complexity index is 500. The molecule has 1 aromatic heterocycles. The normalized spacial score (nSPS) is 11.1. The molecule has 0 atom stereocenters. The van der Waals surface area contributed by atoms with Gasteiger partial charge >= 0.3 is 0 Å². The summed E-state index contributed by atoms with van der Waals surface area (Å²) >= 11 is 0. The van der Waals surface area contributed by atoms with Crippen molar-refractivity contribution in [3.05, 3.63) is 47.8 Å². The first-order chi connectivity index (χ1) is 8.70. The lowest BCUT2D eigenvalue weighted by atomic mass is 10.1. The molecule has 0 radical (unpaired) electrons. The zero-order chi connectivity index (χ0) is 13.0. The molecule has 0 aliphatic carbocycles. The monoisotopic (exact) mass is 243 g/mol. The summed E-state index contributed by atoms with van der Waals surface area (Å²) in [6.45, 7) is 8.33. The molecule has 0 unspecified atom stereocenters. The Morgan fingerprint density at radius 1 is 1.28 bits per heavy atom. The van der Waals surface area contributed by atoms with Gasteiger partial charge in [0.05, 0.1) is 11.4 Å². The van der Waals surface area contributed by atoms with E-state index in [1.807, 2.05) is 10.9 Å². The molecule has 2 rings (SSSR count). The number of aromatic nitrogens is 2. The Labute approximate surface area is 109 Å². The van der Waals surface area contributed by atoms with E-state index in [1.54, 1.807) is 0 Å². The largest absolute Gasteiger partial charge is 0.313 e. The van der Waals surface area contributed by atoms with Crippen LogP contribution in [0.3, 0.4) is 0 Å². The highest BCUT2D eigenvalue weighted by molar-refractivity contribution is 5.35. The zero-order valence-corrected chi connectivity index (χ0v) is 11.4. The zero-order valence-electron chi connectivity index (χ0n) is 11.4. The number of rotatable bonds is 5. The van der Waals surface area contributed by atoms with Crippen LogP contribution < -0.4 is 5.32 Å². The van der Waals surface area contributed by atoms with Gasteiger partial charge in [-0.25, -0.2) is 4.68 Å². The minimum absolute atomic E-state index is 0.469. The van der Waals surface area contributed by atoms with Gasteiger partial charge in [-0.15, -0.1) is 0 Å². The topological polar surface area (TPSA) is 29.9 Å². The Hall–Kier alpha value is -1.61. The highest BCUT2D eigenvalue weighted by atomic mass is 15.3. The van der Waals surface area contributed by atoms with Crippen LogP contribution in [0.15, 0.2) is 36.5 Å². The van der Waals surface area contributed by atoms with Crippen LogP contribution in [-0.4, -0.2) is 16.3 Å². The van der Waals surface area contributed by atoms with Crippen molar-refractivity contribution in [3.63, 3.8) is 0 Å². The number of nitrogens with zero attached hydrogens (tertiary/aromatic N) is 2. The van der Waals surface area contributed by atoms with E-state index in [-0.39, 0.29) is 0 Å². The Kier molecular flexibility index (Phi) is 4.15. The molecule has 0 fully saturated rings. The molecule has 3 nitrogen and oxygen atoms in total. The van der Waals surface area contributed by atoms with Crippen molar-refractivity contribution in [2.24, 2.45) is 0 Å². The third-order valence-corrected chi connectivity index (χ3v) is 2.96. The molecule has 0 aliphatic heterocycles. The highest BCUT2D eigenvalue weighted by Crippen LogP contribution is 2.15. The number of hydrogen-bond acceptors (Lipinski definition) is 2. The first-order valence-electron chi connectivity index (χ1n) is 6.56. The number of benzene rings is 1. The van der Waals surface area contributed by atoms with Crippen molar-refractivity contribution in [3.8, 4) is 5.69 Å². The van der Waals surface area contributed by atoms with E-state index in [9.17, 15) is 0 Å². The predicted octanol–water partition coefficient (Wildman–Crippen LogP) is 3.11. The fraction of sp³-hybridized carbons (Fsp3) is 0.400. The molecule has 1 aromatic carbocycles. The predicted molar refractivity (Wildman–Crippen MR) is 75.0 cm³/mol. The molecule has 0 saturated carbocycles. The van der Waals surface area contributed by atoms with E-state index in [0.29, 0.717) is 5.92 Å². The van der Waals surface area contributed by atoms with Gasteiger partial charge in [-0.2, -0.15) is 5.10 Å². The van der Waals surface area contributed by atoms with Crippen molar-refractivity contribution in [1.29, 1.82) is 0 Å². The maximum Gasteiger partial charge on any atom is 0.0654 e. The van der Waals surface area contributed by atoms with Gasteiger partial charge < -0.3 is 5.32 Å². The fourth-order valence-electron chi connectivity index (χ4n) is 1.87. The minimum atomic E-state index is 0.469. The smallest absolute Gasteiger partial charge is 0.0654 e. The molecule has 3 heteroatoms. The van der Waals surface area contributed by atoms with Gasteiger partial charge in [0.2, 0.25) is 0 Å². The summed E-state index contributed by atoms with van der Waals surface area (Å²) in [5.41, 5.74) is 3.54. The van der Waals surface area contributed by atoms with Crippen LogP contribution in [0.2, 0.25) is 0 Å². The fourth-order valence-corrected chi connectivity index (χ4v) is 1.87. The van der Waals surface area contributed by atoms with Crippen LogP contribution in [0.5, 0.6) is 0 Å². The quantitative estimate of drug-likeness (QED) is 0.874. The summed E-state index contributed by atoms with van der Waals surface area (Å²) in [5.74, 6) is 0.469. The molecule has 2 aromatic rings. The lowest BCUT2D eigenvalue weighted by molar-refractivity contribution is 0.724. The summed E-state index contributed by atoms with van der Waals surface area (Å²) in [7, 11) is 0. The van der Waals surface area contributed by atoms with Crippen molar-refractivity contribution < 1.29 is 0 Å². The van der Waals surface area contributed by atoms with Crippen molar-refractivity contribution in [2.75, 3.05) is 6.54 Å². The number of nitrogens with one attached hydrogen (secondary N) is 1. The molecule has 0 spiro atoms. The van der Waals surface area contributed by atoms with Gasteiger partial charge in [0.1, 0.15) is 0 Å². The first kappa shape index (κ1) is 12.8. The van der Waals surface area contributed by atoms with E-state index >= 15 is 0 Å². The van der Waals surface area contributed by atoms with E-state index in [1.165, 1.54) is 5.56 Å². The maximum absolute atomic E-state index is 4.60. The minimum Gasteiger partial charge on any atom is -0.313 e. The first-order valence-corrected chi connectivity index (χ1v) is 6.56. The second-order valence-corrected chi connectivity index (χ2v) is 4.79. The van der Waals surface area contributed by atoms with Gasteiger partial charge in [0, 0.05) is 12.7 Å². The molecule has 1 heterocycles.